The van der Waals surface area contributed by atoms with Gasteiger partial charge in [0.15, 0.2) is 11.5 Å². The van der Waals surface area contributed by atoms with E-state index in [4.69, 9.17) is 9.47 Å². The minimum Gasteiger partial charge on any atom is -0.493 e. The average Bonchev–Trinajstić information content (AvgIpc) is 2.69. The van der Waals surface area contributed by atoms with Crippen LogP contribution in [0, 0.1) is 5.82 Å². The largest absolute Gasteiger partial charge is 0.493 e. The van der Waals surface area contributed by atoms with E-state index in [2.05, 4.69) is 10.2 Å². The Kier molecular flexibility index (Phi) is 5.46. The number of hydrogen-bond acceptors (Lipinski definition) is 4. The van der Waals surface area contributed by atoms with Crippen LogP contribution in [0.3, 0.4) is 0 Å². The molecule has 138 valence electrons. The van der Waals surface area contributed by atoms with Crippen LogP contribution in [0.15, 0.2) is 42.5 Å². The zero-order valence-corrected chi connectivity index (χ0v) is 14.9. The molecule has 26 heavy (non-hydrogen) atoms. The summed E-state index contributed by atoms with van der Waals surface area (Å²) < 4.78 is 24.3. The molecule has 2 amide bonds. The molecule has 0 bridgehead atoms. The van der Waals surface area contributed by atoms with E-state index in [0.717, 1.165) is 5.69 Å². The van der Waals surface area contributed by atoms with E-state index in [1.807, 2.05) is 18.2 Å². The number of methoxy groups -OCH3 is 2. The first-order valence-corrected chi connectivity index (χ1v) is 8.40. The van der Waals surface area contributed by atoms with Gasteiger partial charge in [0, 0.05) is 37.9 Å². The third-order valence-electron chi connectivity index (χ3n) is 4.41. The standard InChI is InChI=1S/C19H22FN3O3/c1-25-17-8-7-14(13-18(17)26-2)22-9-11-23(12-10-22)19(24)21-16-6-4-3-5-15(16)20/h3-8,13H,9-12H2,1-2H3,(H,21,24). The van der Waals surface area contributed by atoms with Crippen molar-refractivity contribution >= 4 is 17.4 Å². The molecular weight excluding hydrogens is 337 g/mol. The molecule has 1 heterocycles. The van der Waals surface area contributed by atoms with Gasteiger partial charge in [-0.15, -0.1) is 0 Å². The summed E-state index contributed by atoms with van der Waals surface area (Å²) >= 11 is 0. The first-order valence-electron chi connectivity index (χ1n) is 8.40. The number of carbonyl (C=O) groups excluding carboxylic acids is 1. The summed E-state index contributed by atoms with van der Waals surface area (Å²) in [4.78, 5) is 16.2. The molecule has 1 saturated heterocycles. The van der Waals surface area contributed by atoms with Gasteiger partial charge in [0.2, 0.25) is 0 Å². The molecule has 6 nitrogen and oxygen atoms in total. The Bertz CT molecular complexity index is 776. The van der Waals surface area contributed by atoms with Crippen LogP contribution < -0.4 is 19.7 Å². The highest BCUT2D eigenvalue weighted by atomic mass is 19.1. The number of rotatable bonds is 4. The van der Waals surface area contributed by atoms with Gasteiger partial charge in [-0.3, -0.25) is 0 Å². The van der Waals surface area contributed by atoms with Crippen molar-refractivity contribution in [2.75, 3.05) is 50.6 Å². The van der Waals surface area contributed by atoms with Crippen molar-refractivity contribution < 1.29 is 18.7 Å². The quantitative estimate of drug-likeness (QED) is 0.911. The number of nitrogens with zero attached hydrogens (tertiary/aromatic N) is 2. The highest BCUT2D eigenvalue weighted by Gasteiger charge is 2.22. The normalized spacial score (nSPS) is 14.1. The number of hydrogen-bond donors (Lipinski definition) is 1. The van der Waals surface area contributed by atoms with E-state index in [0.29, 0.717) is 37.7 Å². The number of halogens is 1. The minimum atomic E-state index is -0.440. The number of benzene rings is 2. The van der Waals surface area contributed by atoms with Crippen molar-refractivity contribution in [2.24, 2.45) is 0 Å². The molecule has 0 spiro atoms. The smallest absolute Gasteiger partial charge is 0.322 e. The van der Waals surface area contributed by atoms with Gasteiger partial charge < -0.3 is 24.6 Å². The lowest BCUT2D eigenvalue weighted by Gasteiger charge is -2.36. The Hall–Kier alpha value is -2.96. The van der Waals surface area contributed by atoms with Gasteiger partial charge >= 0.3 is 6.03 Å². The molecule has 0 aliphatic carbocycles. The second-order valence-corrected chi connectivity index (χ2v) is 5.92. The second-order valence-electron chi connectivity index (χ2n) is 5.92. The first kappa shape index (κ1) is 17.8. The summed E-state index contributed by atoms with van der Waals surface area (Å²) in [5.41, 5.74) is 1.21. The van der Waals surface area contributed by atoms with Crippen LogP contribution in [0.1, 0.15) is 0 Å². The lowest BCUT2D eigenvalue weighted by atomic mass is 10.2. The highest BCUT2D eigenvalue weighted by Crippen LogP contribution is 2.31. The molecule has 0 unspecified atom stereocenters. The Morgan fingerprint density at radius 1 is 1.00 bits per heavy atom. The van der Waals surface area contributed by atoms with Gasteiger partial charge in [-0.1, -0.05) is 12.1 Å². The Labute approximate surface area is 152 Å². The predicted molar refractivity (Wildman–Crippen MR) is 98.8 cm³/mol. The SMILES string of the molecule is COc1ccc(N2CCN(C(=O)Nc3ccccc3F)CC2)cc1OC. The third-order valence-corrected chi connectivity index (χ3v) is 4.41. The number of piperazine rings is 1. The number of para-hydroxylation sites is 1. The Morgan fingerprint density at radius 3 is 2.35 bits per heavy atom. The third kappa shape index (κ3) is 3.82. The highest BCUT2D eigenvalue weighted by molar-refractivity contribution is 5.89. The maximum absolute atomic E-state index is 13.7. The van der Waals surface area contributed by atoms with Crippen molar-refractivity contribution in [3.05, 3.63) is 48.3 Å². The maximum atomic E-state index is 13.7. The molecule has 7 heteroatoms. The molecule has 2 aromatic rings. The average molecular weight is 359 g/mol. The van der Waals surface area contributed by atoms with Crippen LogP contribution in [0.4, 0.5) is 20.6 Å². The van der Waals surface area contributed by atoms with Crippen LogP contribution in [0.25, 0.3) is 0 Å². The van der Waals surface area contributed by atoms with E-state index >= 15 is 0 Å². The topological polar surface area (TPSA) is 54.0 Å². The zero-order valence-electron chi connectivity index (χ0n) is 14.9. The molecule has 2 aromatic carbocycles. The molecule has 1 N–H and O–H groups in total. The summed E-state index contributed by atoms with van der Waals surface area (Å²) in [6.07, 6.45) is 0. The van der Waals surface area contributed by atoms with Gasteiger partial charge in [0.25, 0.3) is 0 Å². The number of anilines is 2. The van der Waals surface area contributed by atoms with Crippen molar-refractivity contribution in [1.82, 2.24) is 4.90 Å². The fourth-order valence-electron chi connectivity index (χ4n) is 2.95. The predicted octanol–water partition coefficient (Wildman–Crippen LogP) is 3.20. The lowest BCUT2D eigenvalue weighted by Crippen LogP contribution is -2.50. The summed E-state index contributed by atoms with van der Waals surface area (Å²) in [5.74, 6) is 0.911. The summed E-state index contributed by atoms with van der Waals surface area (Å²) in [6.45, 7) is 2.46. The van der Waals surface area contributed by atoms with Crippen molar-refractivity contribution in [2.45, 2.75) is 0 Å². The maximum Gasteiger partial charge on any atom is 0.322 e. The summed E-state index contributed by atoms with van der Waals surface area (Å²) in [6, 6.07) is 11.6. The van der Waals surface area contributed by atoms with Crippen molar-refractivity contribution in [3.8, 4) is 11.5 Å². The van der Waals surface area contributed by atoms with Gasteiger partial charge in [0.1, 0.15) is 5.82 Å². The molecule has 1 fully saturated rings. The van der Waals surface area contributed by atoms with Crippen LogP contribution in [0.5, 0.6) is 11.5 Å². The van der Waals surface area contributed by atoms with E-state index in [1.54, 1.807) is 37.3 Å². The fourth-order valence-corrected chi connectivity index (χ4v) is 2.95. The molecule has 0 saturated carbocycles. The molecule has 3 rings (SSSR count). The van der Waals surface area contributed by atoms with E-state index in [-0.39, 0.29) is 11.7 Å². The second kappa shape index (κ2) is 7.95. The van der Waals surface area contributed by atoms with Crippen molar-refractivity contribution in [1.29, 1.82) is 0 Å². The molecule has 0 radical (unpaired) electrons. The van der Waals surface area contributed by atoms with E-state index in [1.165, 1.54) is 6.07 Å². The van der Waals surface area contributed by atoms with Crippen LogP contribution in [0.2, 0.25) is 0 Å². The molecule has 0 atom stereocenters. The van der Waals surface area contributed by atoms with Crippen molar-refractivity contribution in [3.63, 3.8) is 0 Å². The first-order chi connectivity index (χ1) is 12.6. The Balaban J connectivity index is 1.60. The number of nitrogens with one attached hydrogen (secondary N) is 1. The molecular formula is C19H22FN3O3. The zero-order chi connectivity index (χ0) is 18.5. The monoisotopic (exact) mass is 359 g/mol. The van der Waals surface area contributed by atoms with Gasteiger partial charge in [0.05, 0.1) is 19.9 Å². The number of carbonyl (C=O) groups is 1. The van der Waals surface area contributed by atoms with Crippen LogP contribution >= 0.6 is 0 Å². The number of amides is 2. The number of ether oxygens (including phenoxy) is 2. The molecule has 1 aliphatic heterocycles. The van der Waals surface area contributed by atoms with E-state index in [9.17, 15) is 9.18 Å². The lowest BCUT2D eigenvalue weighted by molar-refractivity contribution is 0.208. The summed E-state index contributed by atoms with van der Waals surface area (Å²) in [7, 11) is 3.21. The minimum absolute atomic E-state index is 0.194. The van der Waals surface area contributed by atoms with Crippen LogP contribution in [-0.2, 0) is 0 Å². The summed E-state index contributed by atoms with van der Waals surface area (Å²) in [5, 5.41) is 2.62. The van der Waals surface area contributed by atoms with Gasteiger partial charge in [-0.05, 0) is 24.3 Å². The Morgan fingerprint density at radius 2 is 1.69 bits per heavy atom. The molecule has 1 aliphatic rings. The van der Waals surface area contributed by atoms with Crippen LogP contribution in [-0.4, -0.2) is 51.3 Å². The van der Waals surface area contributed by atoms with Gasteiger partial charge in [-0.25, -0.2) is 9.18 Å². The van der Waals surface area contributed by atoms with E-state index < -0.39 is 5.82 Å². The fraction of sp³-hybridized carbons (Fsp3) is 0.316. The number of urea groups is 1. The molecule has 0 aromatic heterocycles. The van der Waals surface area contributed by atoms with Gasteiger partial charge in [-0.2, -0.15) is 0 Å².